The summed E-state index contributed by atoms with van der Waals surface area (Å²) in [4.78, 5) is 26.8. The number of rotatable bonds is 7. The second-order valence-electron chi connectivity index (χ2n) is 7.61. The number of hydrazone groups is 1. The first-order valence-corrected chi connectivity index (χ1v) is 10.8. The summed E-state index contributed by atoms with van der Waals surface area (Å²) in [6.07, 6.45) is 1.54. The van der Waals surface area contributed by atoms with Gasteiger partial charge in [0.15, 0.2) is 0 Å². The van der Waals surface area contributed by atoms with Gasteiger partial charge in [0.05, 0.1) is 25.0 Å². The van der Waals surface area contributed by atoms with Crippen LogP contribution in [0.15, 0.2) is 84.0 Å². The van der Waals surface area contributed by atoms with Crippen LogP contribution < -0.4 is 10.2 Å². The van der Waals surface area contributed by atoms with Gasteiger partial charge < -0.3 is 9.47 Å². The number of nitrogens with zero attached hydrogens (tertiary/aromatic N) is 2. The molecular weight excluding hydrogens is 418 g/mol. The smallest absolute Gasteiger partial charge is 0.343 e. The zero-order valence-electron chi connectivity index (χ0n) is 18.1. The SMILES string of the molecule is O=C(N/N=C/c1ccc(OC(=O)c2ccccc2)cc1)c1ccc(CN2CCOCC2)cc1. The molecule has 1 aliphatic rings. The fourth-order valence-corrected chi connectivity index (χ4v) is 3.37. The number of morpholine rings is 1. The van der Waals surface area contributed by atoms with Crippen LogP contribution in [0.2, 0.25) is 0 Å². The molecule has 33 heavy (non-hydrogen) atoms. The van der Waals surface area contributed by atoms with Gasteiger partial charge in [-0.05, 0) is 59.7 Å². The largest absolute Gasteiger partial charge is 0.423 e. The van der Waals surface area contributed by atoms with E-state index in [0.717, 1.165) is 44.0 Å². The van der Waals surface area contributed by atoms with Gasteiger partial charge >= 0.3 is 5.97 Å². The standard InChI is InChI=1S/C26H25N3O4/c30-25(22-10-6-21(7-11-22)19-29-14-16-32-17-15-29)28-27-18-20-8-12-24(13-9-20)33-26(31)23-4-2-1-3-5-23/h1-13,18H,14-17,19H2,(H,28,30)/b27-18+. The quantitative estimate of drug-likeness (QED) is 0.262. The number of carbonyl (C=O) groups is 2. The van der Waals surface area contributed by atoms with Crippen LogP contribution in [0.25, 0.3) is 0 Å². The van der Waals surface area contributed by atoms with Gasteiger partial charge in [-0.2, -0.15) is 5.10 Å². The first-order chi connectivity index (χ1) is 16.2. The zero-order valence-corrected chi connectivity index (χ0v) is 18.1. The van der Waals surface area contributed by atoms with Gasteiger partial charge in [-0.25, -0.2) is 10.2 Å². The van der Waals surface area contributed by atoms with Gasteiger partial charge in [-0.1, -0.05) is 30.3 Å². The van der Waals surface area contributed by atoms with E-state index >= 15 is 0 Å². The van der Waals surface area contributed by atoms with E-state index in [0.29, 0.717) is 16.9 Å². The highest BCUT2D eigenvalue weighted by molar-refractivity contribution is 5.95. The lowest BCUT2D eigenvalue weighted by atomic mass is 10.1. The first-order valence-electron chi connectivity index (χ1n) is 10.8. The summed E-state index contributed by atoms with van der Waals surface area (Å²) in [6, 6.07) is 23.2. The highest BCUT2D eigenvalue weighted by Crippen LogP contribution is 2.14. The van der Waals surface area contributed by atoms with Crippen molar-refractivity contribution in [3.05, 3.63) is 101 Å². The molecule has 0 unspecified atom stereocenters. The molecule has 0 atom stereocenters. The van der Waals surface area contributed by atoms with Crippen molar-refractivity contribution in [2.75, 3.05) is 26.3 Å². The summed E-state index contributed by atoms with van der Waals surface area (Å²) in [5, 5.41) is 4.02. The molecule has 0 aliphatic carbocycles. The number of nitrogens with one attached hydrogen (secondary N) is 1. The Labute approximate surface area is 192 Å². The fourth-order valence-electron chi connectivity index (χ4n) is 3.37. The van der Waals surface area contributed by atoms with Crippen LogP contribution in [0.1, 0.15) is 31.8 Å². The molecule has 0 aromatic heterocycles. The molecule has 0 radical (unpaired) electrons. The van der Waals surface area contributed by atoms with Crippen molar-refractivity contribution >= 4 is 18.1 Å². The zero-order chi connectivity index (χ0) is 22.9. The molecule has 168 valence electrons. The lowest BCUT2D eigenvalue weighted by Gasteiger charge is -2.26. The molecule has 4 rings (SSSR count). The van der Waals surface area contributed by atoms with Crippen molar-refractivity contribution in [2.45, 2.75) is 6.54 Å². The Hall–Kier alpha value is -3.81. The molecule has 3 aromatic rings. The van der Waals surface area contributed by atoms with Gasteiger partial charge in [-0.15, -0.1) is 0 Å². The van der Waals surface area contributed by atoms with Crippen LogP contribution in [-0.4, -0.2) is 49.3 Å². The van der Waals surface area contributed by atoms with Crippen molar-refractivity contribution in [3.8, 4) is 5.75 Å². The molecule has 7 nitrogen and oxygen atoms in total. The second-order valence-corrected chi connectivity index (χ2v) is 7.61. The van der Waals surface area contributed by atoms with Crippen LogP contribution in [0.3, 0.4) is 0 Å². The summed E-state index contributed by atoms with van der Waals surface area (Å²) in [5.74, 6) is -0.264. The van der Waals surface area contributed by atoms with E-state index in [9.17, 15) is 9.59 Å². The van der Waals surface area contributed by atoms with E-state index in [1.165, 1.54) is 6.21 Å². The molecule has 3 aromatic carbocycles. The summed E-state index contributed by atoms with van der Waals surface area (Å²) in [6.45, 7) is 4.22. The van der Waals surface area contributed by atoms with Crippen molar-refractivity contribution in [1.29, 1.82) is 0 Å². The summed E-state index contributed by atoms with van der Waals surface area (Å²) in [7, 11) is 0. The Morgan fingerprint density at radius 2 is 1.61 bits per heavy atom. The van der Waals surface area contributed by atoms with E-state index in [4.69, 9.17) is 9.47 Å². The predicted octanol–water partition coefficient (Wildman–Crippen LogP) is 3.50. The van der Waals surface area contributed by atoms with Crippen LogP contribution >= 0.6 is 0 Å². The molecule has 0 bridgehead atoms. The van der Waals surface area contributed by atoms with Gasteiger partial charge in [0.1, 0.15) is 5.75 Å². The molecule has 1 saturated heterocycles. The number of benzene rings is 3. The molecule has 1 aliphatic heterocycles. The Morgan fingerprint density at radius 1 is 0.909 bits per heavy atom. The minimum Gasteiger partial charge on any atom is -0.423 e. The Bertz CT molecular complexity index is 1090. The summed E-state index contributed by atoms with van der Waals surface area (Å²) >= 11 is 0. The average molecular weight is 444 g/mol. The van der Waals surface area contributed by atoms with Gasteiger partial charge in [0.25, 0.3) is 5.91 Å². The number of esters is 1. The summed E-state index contributed by atoms with van der Waals surface area (Å²) in [5.41, 5.74) is 5.48. The molecule has 7 heteroatoms. The number of amides is 1. The number of carbonyl (C=O) groups excluding carboxylic acids is 2. The van der Waals surface area contributed by atoms with Gasteiger partial charge in [-0.3, -0.25) is 9.69 Å². The van der Waals surface area contributed by atoms with Crippen LogP contribution in [-0.2, 0) is 11.3 Å². The topological polar surface area (TPSA) is 80.2 Å². The number of hydrogen-bond donors (Lipinski definition) is 1. The monoisotopic (exact) mass is 443 g/mol. The first kappa shape index (κ1) is 22.4. The number of hydrogen-bond acceptors (Lipinski definition) is 6. The maximum absolute atomic E-state index is 12.3. The molecule has 1 N–H and O–H groups in total. The normalized spacial score (nSPS) is 14.2. The third-order valence-corrected chi connectivity index (χ3v) is 5.21. The molecular formula is C26H25N3O4. The molecule has 1 fully saturated rings. The molecule has 1 heterocycles. The van der Waals surface area contributed by atoms with Crippen LogP contribution in [0.5, 0.6) is 5.75 Å². The fraction of sp³-hybridized carbons (Fsp3) is 0.192. The second kappa shape index (κ2) is 11.2. The minimum atomic E-state index is -0.416. The third-order valence-electron chi connectivity index (χ3n) is 5.21. The van der Waals surface area contributed by atoms with Crippen molar-refractivity contribution in [1.82, 2.24) is 10.3 Å². The van der Waals surface area contributed by atoms with Crippen molar-refractivity contribution < 1.29 is 19.1 Å². The van der Waals surface area contributed by atoms with Crippen LogP contribution in [0.4, 0.5) is 0 Å². The Kier molecular flexibility index (Phi) is 7.58. The molecule has 1 amide bonds. The van der Waals surface area contributed by atoms with Gasteiger partial charge in [0, 0.05) is 25.2 Å². The van der Waals surface area contributed by atoms with E-state index in [1.807, 2.05) is 18.2 Å². The highest BCUT2D eigenvalue weighted by atomic mass is 16.5. The molecule has 0 saturated carbocycles. The maximum atomic E-state index is 12.3. The average Bonchev–Trinajstić information content (AvgIpc) is 2.86. The third kappa shape index (κ3) is 6.58. The van der Waals surface area contributed by atoms with E-state index in [-0.39, 0.29) is 5.91 Å². The van der Waals surface area contributed by atoms with E-state index < -0.39 is 5.97 Å². The minimum absolute atomic E-state index is 0.280. The van der Waals surface area contributed by atoms with Gasteiger partial charge in [0.2, 0.25) is 0 Å². The van der Waals surface area contributed by atoms with E-state index in [1.54, 1.807) is 60.7 Å². The predicted molar refractivity (Wildman–Crippen MR) is 125 cm³/mol. The highest BCUT2D eigenvalue weighted by Gasteiger charge is 2.11. The Morgan fingerprint density at radius 3 is 2.30 bits per heavy atom. The molecule has 0 spiro atoms. The van der Waals surface area contributed by atoms with Crippen molar-refractivity contribution in [3.63, 3.8) is 0 Å². The van der Waals surface area contributed by atoms with E-state index in [2.05, 4.69) is 15.4 Å². The lowest BCUT2D eigenvalue weighted by Crippen LogP contribution is -2.35. The number of ether oxygens (including phenoxy) is 2. The van der Waals surface area contributed by atoms with Crippen molar-refractivity contribution in [2.24, 2.45) is 5.10 Å². The maximum Gasteiger partial charge on any atom is 0.343 e. The van der Waals surface area contributed by atoms with Crippen LogP contribution in [0, 0.1) is 0 Å². The Balaban J connectivity index is 1.26. The summed E-state index contributed by atoms with van der Waals surface area (Å²) < 4.78 is 10.7. The lowest BCUT2D eigenvalue weighted by molar-refractivity contribution is 0.0342.